The number of carbonyl (C=O) groups excluding carboxylic acids is 1. The Morgan fingerprint density at radius 3 is 2.80 bits per heavy atom. The topological polar surface area (TPSA) is 50.2 Å². The molecule has 0 aliphatic heterocycles. The van der Waals surface area contributed by atoms with E-state index in [-0.39, 0.29) is 5.75 Å². The molecule has 1 heterocycles. The first-order valence-electron chi connectivity index (χ1n) is 2.84. The quantitative estimate of drug-likeness (QED) is 0.585. The molecule has 10 heavy (non-hydrogen) atoms. The van der Waals surface area contributed by atoms with Crippen molar-refractivity contribution in [3.8, 4) is 5.75 Å². The zero-order chi connectivity index (χ0) is 7.56. The first-order chi connectivity index (χ1) is 4.75. The molecular formula is C7H7NO2. The van der Waals surface area contributed by atoms with Crippen molar-refractivity contribution in [3.63, 3.8) is 0 Å². The SMILES string of the molecule is Cc1c(O)cncc1C=O. The zero-order valence-corrected chi connectivity index (χ0v) is 5.53. The van der Waals surface area contributed by atoms with Crippen LogP contribution >= 0.6 is 0 Å². The highest BCUT2D eigenvalue weighted by Gasteiger charge is 2.00. The minimum absolute atomic E-state index is 0.0598. The van der Waals surface area contributed by atoms with E-state index in [9.17, 15) is 4.79 Å². The fourth-order valence-corrected chi connectivity index (χ4v) is 0.649. The average Bonchev–Trinajstić information content (AvgIpc) is 1.95. The van der Waals surface area contributed by atoms with Gasteiger partial charge >= 0.3 is 0 Å². The second kappa shape index (κ2) is 2.47. The first kappa shape index (κ1) is 6.74. The highest BCUT2D eigenvalue weighted by Crippen LogP contribution is 2.15. The Balaban J connectivity index is 3.27. The van der Waals surface area contributed by atoms with E-state index in [1.807, 2.05) is 0 Å². The van der Waals surface area contributed by atoms with Crippen LogP contribution in [0.5, 0.6) is 5.75 Å². The second-order valence-electron chi connectivity index (χ2n) is 1.99. The van der Waals surface area contributed by atoms with Crippen LogP contribution in [0.2, 0.25) is 0 Å². The summed E-state index contributed by atoms with van der Waals surface area (Å²) in [6.07, 6.45) is 3.40. The van der Waals surface area contributed by atoms with Gasteiger partial charge in [-0.2, -0.15) is 0 Å². The Kier molecular flexibility index (Phi) is 1.67. The van der Waals surface area contributed by atoms with Gasteiger partial charge in [-0.3, -0.25) is 9.78 Å². The molecule has 0 bridgehead atoms. The lowest BCUT2D eigenvalue weighted by atomic mass is 10.2. The molecule has 1 N–H and O–H groups in total. The number of aromatic hydroxyl groups is 1. The average molecular weight is 137 g/mol. The lowest BCUT2D eigenvalue weighted by Crippen LogP contribution is -1.87. The number of aldehydes is 1. The molecule has 0 unspecified atom stereocenters. The highest BCUT2D eigenvalue weighted by molar-refractivity contribution is 5.77. The van der Waals surface area contributed by atoms with Crippen LogP contribution in [0.1, 0.15) is 15.9 Å². The standard InChI is InChI=1S/C7H7NO2/c1-5-6(4-9)2-8-3-7(5)10/h2-4,10H,1H3. The lowest BCUT2D eigenvalue weighted by molar-refractivity contribution is 0.112. The lowest BCUT2D eigenvalue weighted by Gasteiger charge is -1.97. The summed E-state index contributed by atoms with van der Waals surface area (Å²) in [4.78, 5) is 13.9. The largest absolute Gasteiger partial charge is 0.506 e. The van der Waals surface area contributed by atoms with Crippen molar-refractivity contribution < 1.29 is 9.90 Å². The number of nitrogens with zero attached hydrogens (tertiary/aromatic N) is 1. The van der Waals surface area contributed by atoms with Gasteiger partial charge in [0.25, 0.3) is 0 Å². The normalized spacial score (nSPS) is 9.30. The van der Waals surface area contributed by atoms with Crippen LogP contribution in [0.15, 0.2) is 12.4 Å². The van der Waals surface area contributed by atoms with Crippen LogP contribution in [0.25, 0.3) is 0 Å². The van der Waals surface area contributed by atoms with Crippen molar-refractivity contribution in [3.05, 3.63) is 23.5 Å². The zero-order valence-electron chi connectivity index (χ0n) is 5.53. The fourth-order valence-electron chi connectivity index (χ4n) is 0.649. The third kappa shape index (κ3) is 0.978. The van der Waals surface area contributed by atoms with Crippen molar-refractivity contribution in [2.45, 2.75) is 6.92 Å². The number of pyridine rings is 1. The van der Waals surface area contributed by atoms with E-state index in [4.69, 9.17) is 5.11 Å². The Bertz CT molecular complexity index is 258. The van der Waals surface area contributed by atoms with Gasteiger partial charge in [-0.25, -0.2) is 0 Å². The Morgan fingerprint density at radius 1 is 1.60 bits per heavy atom. The predicted molar refractivity (Wildman–Crippen MR) is 36.0 cm³/mol. The van der Waals surface area contributed by atoms with E-state index in [0.717, 1.165) is 0 Å². The van der Waals surface area contributed by atoms with Gasteiger partial charge < -0.3 is 5.11 Å². The van der Waals surface area contributed by atoms with Gasteiger partial charge in [-0.1, -0.05) is 0 Å². The number of carbonyl (C=O) groups is 1. The molecule has 52 valence electrons. The van der Waals surface area contributed by atoms with Crippen molar-refractivity contribution >= 4 is 6.29 Å². The van der Waals surface area contributed by atoms with Crippen molar-refractivity contribution in [1.82, 2.24) is 4.98 Å². The van der Waals surface area contributed by atoms with Crippen LogP contribution in [0, 0.1) is 6.92 Å². The van der Waals surface area contributed by atoms with Crippen LogP contribution < -0.4 is 0 Å². The maximum atomic E-state index is 10.2. The molecule has 1 rings (SSSR count). The van der Waals surface area contributed by atoms with Crippen molar-refractivity contribution in [1.29, 1.82) is 0 Å². The molecule has 0 fully saturated rings. The minimum Gasteiger partial charge on any atom is -0.506 e. The van der Waals surface area contributed by atoms with Crippen LogP contribution in [-0.2, 0) is 0 Å². The smallest absolute Gasteiger partial charge is 0.152 e. The van der Waals surface area contributed by atoms with Gasteiger partial charge in [0, 0.05) is 17.3 Å². The Morgan fingerprint density at radius 2 is 2.30 bits per heavy atom. The summed E-state index contributed by atoms with van der Waals surface area (Å²) in [7, 11) is 0. The number of hydrogen-bond acceptors (Lipinski definition) is 3. The molecule has 0 spiro atoms. The van der Waals surface area contributed by atoms with Crippen LogP contribution in [0.4, 0.5) is 0 Å². The molecule has 1 aromatic heterocycles. The van der Waals surface area contributed by atoms with E-state index < -0.39 is 0 Å². The maximum absolute atomic E-state index is 10.2. The maximum Gasteiger partial charge on any atom is 0.152 e. The van der Waals surface area contributed by atoms with Gasteiger partial charge in [0.1, 0.15) is 5.75 Å². The number of aromatic nitrogens is 1. The highest BCUT2D eigenvalue weighted by atomic mass is 16.3. The molecule has 1 aromatic rings. The summed E-state index contributed by atoms with van der Waals surface area (Å²) >= 11 is 0. The molecule has 0 saturated heterocycles. The Hall–Kier alpha value is -1.38. The van der Waals surface area contributed by atoms with E-state index >= 15 is 0 Å². The van der Waals surface area contributed by atoms with E-state index in [1.54, 1.807) is 6.92 Å². The summed E-state index contributed by atoms with van der Waals surface area (Å²) in [6.45, 7) is 1.67. The molecule has 0 atom stereocenters. The second-order valence-corrected chi connectivity index (χ2v) is 1.99. The minimum atomic E-state index is 0.0598. The molecule has 3 nitrogen and oxygen atoms in total. The summed E-state index contributed by atoms with van der Waals surface area (Å²) in [5.41, 5.74) is 1.00. The third-order valence-corrected chi connectivity index (χ3v) is 1.35. The summed E-state index contributed by atoms with van der Waals surface area (Å²) in [6, 6.07) is 0. The predicted octanol–water partition coefficient (Wildman–Crippen LogP) is 0.908. The summed E-state index contributed by atoms with van der Waals surface area (Å²) in [5.74, 6) is 0.0598. The van der Waals surface area contributed by atoms with Gasteiger partial charge in [-0.05, 0) is 6.92 Å². The molecule has 0 aliphatic carbocycles. The van der Waals surface area contributed by atoms with E-state index in [1.165, 1.54) is 12.4 Å². The molecule has 0 aromatic carbocycles. The first-order valence-corrected chi connectivity index (χ1v) is 2.84. The van der Waals surface area contributed by atoms with Gasteiger partial charge in [0.15, 0.2) is 6.29 Å². The molecule has 0 radical (unpaired) electrons. The van der Waals surface area contributed by atoms with E-state index in [2.05, 4.69) is 4.98 Å². The van der Waals surface area contributed by atoms with Gasteiger partial charge in [-0.15, -0.1) is 0 Å². The van der Waals surface area contributed by atoms with Crippen LogP contribution in [-0.4, -0.2) is 16.4 Å². The van der Waals surface area contributed by atoms with Crippen molar-refractivity contribution in [2.75, 3.05) is 0 Å². The fraction of sp³-hybridized carbons (Fsp3) is 0.143. The summed E-state index contributed by atoms with van der Waals surface area (Å²) in [5, 5.41) is 9.01. The van der Waals surface area contributed by atoms with Gasteiger partial charge in [0.05, 0.1) is 6.20 Å². The molecule has 0 amide bonds. The number of hydrogen-bond donors (Lipinski definition) is 1. The monoisotopic (exact) mass is 137 g/mol. The molecule has 0 saturated carbocycles. The Labute approximate surface area is 58.3 Å². The molecule has 0 aliphatic rings. The van der Waals surface area contributed by atoms with Crippen molar-refractivity contribution in [2.24, 2.45) is 0 Å². The number of rotatable bonds is 1. The molecular weight excluding hydrogens is 130 g/mol. The van der Waals surface area contributed by atoms with Crippen LogP contribution in [0.3, 0.4) is 0 Å². The molecule has 3 heteroatoms. The van der Waals surface area contributed by atoms with E-state index in [0.29, 0.717) is 17.4 Å². The van der Waals surface area contributed by atoms with Gasteiger partial charge in [0.2, 0.25) is 0 Å². The summed E-state index contributed by atoms with van der Waals surface area (Å²) < 4.78 is 0. The third-order valence-electron chi connectivity index (χ3n) is 1.35.